The topological polar surface area (TPSA) is 75.7 Å². The standard InChI is InChI=1S/C19H22N2O4S/c1-13-4-7-17(10-14(13)2)26(23,24)20-16-6-5-15-8-9-21(18(15)11-16)19(22)12-25-3/h4-7,10-11,20H,8-9,12H2,1-3H3. The molecule has 1 N–H and O–H groups in total. The van der Waals surface area contributed by atoms with Crippen LogP contribution in [0.15, 0.2) is 41.3 Å². The molecule has 6 nitrogen and oxygen atoms in total. The lowest BCUT2D eigenvalue weighted by atomic mass is 10.1. The fourth-order valence-corrected chi connectivity index (χ4v) is 4.13. The van der Waals surface area contributed by atoms with Gasteiger partial charge in [0.05, 0.1) is 10.6 Å². The number of carbonyl (C=O) groups excluding carboxylic acids is 1. The molecule has 1 heterocycles. The Kier molecular flexibility index (Phi) is 5.02. The summed E-state index contributed by atoms with van der Waals surface area (Å²) in [7, 11) is -2.22. The highest BCUT2D eigenvalue weighted by molar-refractivity contribution is 7.92. The molecule has 0 unspecified atom stereocenters. The number of nitrogens with one attached hydrogen (secondary N) is 1. The van der Waals surface area contributed by atoms with Gasteiger partial charge in [-0.3, -0.25) is 9.52 Å². The molecule has 2 aromatic carbocycles. The largest absolute Gasteiger partial charge is 0.375 e. The van der Waals surface area contributed by atoms with Crippen molar-refractivity contribution >= 4 is 27.3 Å². The Morgan fingerprint density at radius 3 is 2.62 bits per heavy atom. The second kappa shape index (κ2) is 7.09. The van der Waals surface area contributed by atoms with Gasteiger partial charge in [-0.2, -0.15) is 0 Å². The summed E-state index contributed by atoms with van der Waals surface area (Å²) in [5.74, 6) is -0.139. The van der Waals surface area contributed by atoms with Gasteiger partial charge in [-0.1, -0.05) is 12.1 Å². The Bertz CT molecular complexity index is 954. The number of fused-ring (bicyclic) bond motifs is 1. The number of amides is 1. The second-order valence-corrected chi connectivity index (χ2v) is 8.11. The van der Waals surface area contributed by atoms with Gasteiger partial charge in [-0.05, 0) is 61.2 Å². The summed E-state index contributed by atoms with van der Waals surface area (Å²) in [4.78, 5) is 14.0. The van der Waals surface area contributed by atoms with E-state index in [0.29, 0.717) is 12.2 Å². The Balaban J connectivity index is 1.88. The van der Waals surface area contributed by atoms with Crippen LogP contribution >= 0.6 is 0 Å². The SMILES string of the molecule is COCC(=O)N1CCc2ccc(NS(=O)(=O)c3ccc(C)c(C)c3)cc21. The lowest BCUT2D eigenvalue weighted by molar-refractivity contribution is -0.122. The van der Waals surface area contributed by atoms with Gasteiger partial charge in [0.2, 0.25) is 0 Å². The van der Waals surface area contributed by atoms with Crippen LogP contribution in [0.4, 0.5) is 11.4 Å². The molecule has 138 valence electrons. The van der Waals surface area contributed by atoms with E-state index in [9.17, 15) is 13.2 Å². The van der Waals surface area contributed by atoms with E-state index >= 15 is 0 Å². The van der Waals surface area contributed by atoms with E-state index in [4.69, 9.17) is 4.74 Å². The Hall–Kier alpha value is -2.38. The molecule has 0 spiro atoms. The number of methoxy groups -OCH3 is 1. The van der Waals surface area contributed by atoms with E-state index in [1.54, 1.807) is 35.2 Å². The van der Waals surface area contributed by atoms with Crippen LogP contribution in [-0.2, 0) is 26.0 Å². The van der Waals surface area contributed by atoms with Crippen molar-refractivity contribution in [3.63, 3.8) is 0 Å². The van der Waals surface area contributed by atoms with Crippen molar-refractivity contribution in [1.82, 2.24) is 0 Å². The van der Waals surface area contributed by atoms with Crippen molar-refractivity contribution in [3.05, 3.63) is 53.1 Å². The third kappa shape index (κ3) is 3.59. The van der Waals surface area contributed by atoms with E-state index < -0.39 is 10.0 Å². The Labute approximate surface area is 153 Å². The average molecular weight is 374 g/mol. The van der Waals surface area contributed by atoms with Crippen LogP contribution in [0.2, 0.25) is 0 Å². The number of anilines is 2. The maximum absolute atomic E-state index is 12.7. The fraction of sp³-hybridized carbons (Fsp3) is 0.316. The first-order valence-corrected chi connectivity index (χ1v) is 9.82. The number of nitrogens with zero attached hydrogens (tertiary/aromatic N) is 1. The zero-order valence-electron chi connectivity index (χ0n) is 15.1. The van der Waals surface area contributed by atoms with E-state index in [2.05, 4.69) is 4.72 Å². The smallest absolute Gasteiger partial charge is 0.261 e. The van der Waals surface area contributed by atoms with Crippen molar-refractivity contribution in [2.75, 3.05) is 29.9 Å². The zero-order valence-corrected chi connectivity index (χ0v) is 15.9. The van der Waals surface area contributed by atoms with Crippen molar-refractivity contribution < 1.29 is 17.9 Å². The maximum atomic E-state index is 12.7. The summed E-state index contributed by atoms with van der Waals surface area (Å²) in [6, 6.07) is 10.3. The molecule has 1 aliphatic rings. The first kappa shape index (κ1) is 18.4. The number of ether oxygens (including phenoxy) is 1. The van der Waals surface area contributed by atoms with Crippen LogP contribution in [-0.4, -0.2) is 34.6 Å². The first-order valence-electron chi connectivity index (χ1n) is 8.34. The summed E-state index contributed by atoms with van der Waals surface area (Å²) in [5, 5.41) is 0. The maximum Gasteiger partial charge on any atom is 0.261 e. The molecule has 26 heavy (non-hydrogen) atoms. The third-order valence-electron chi connectivity index (χ3n) is 4.59. The van der Waals surface area contributed by atoms with Crippen LogP contribution in [0.25, 0.3) is 0 Å². The highest BCUT2D eigenvalue weighted by Crippen LogP contribution is 2.32. The molecule has 7 heteroatoms. The predicted molar refractivity (Wildman–Crippen MR) is 101 cm³/mol. The molecule has 1 amide bonds. The monoisotopic (exact) mass is 374 g/mol. The molecular formula is C19H22N2O4S. The minimum Gasteiger partial charge on any atom is -0.375 e. The highest BCUT2D eigenvalue weighted by Gasteiger charge is 2.25. The minimum atomic E-state index is -3.70. The average Bonchev–Trinajstić information content (AvgIpc) is 3.00. The molecule has 0 bridgehead atoms. The number of hydrogen-bond acceptors (Lipinski definition) is 4. The van der Waals surface area contributed by atoms with Gasteiger partial charge in [0.1, 0.15) is 6.61 Å². The lowest BCUT2D eigenvalue weighted by Gasteiger charge is -2.18. The van der Waals surface area contributed by atoms with Crippen molar-refractivity contribution in [1.29, 1.82) is 0 Å². The summed E-state index contributed by atoms with van der Waals surface area (Å²) in [5.41, 5.74) is 4.13. The summed E-state index contributed by atoms with van der Waals surface area (Å²) in [6.45, 7) is 4.39. The highest BCUT2D eigenvalue weighted by atomic mass is 32.2. The summed E-state index contributed by atoms with van der Waals surface area (Å²) in [6.07, 6.45) is 0.745. The van der Waals surface area contributed by atoms with Gasteiger partial charge in [-0.25, -0.2) is 8.42 Å². The zero-order chi connectivity index (χ0) is 18.9. The minimum absolute atomic E-state index is 0.00195. The predicted octanol–water partition coefficient (Wildman–Crippen LogP) is 2.64. The summed E-state index contributed by atoms with van der Waals surface area (Å²) >= 11 is 0. The van der Waals surface area contributed by atoms with Gasteiger partial charge in [-0.15, -0.1) is 0 Å². The number of aryl methyl sites for hydroxylation is 2. The van der Waals surface area contributed by atoms with Crippen LogP contribution < -0.4 is 9.62 Å². The molecule has 0 atom stereocenters. The van der Waals surface area contributed by atoms with Crippen molar-refractivity contribution in [2.45, 2.75) is 25.2 Å². The number of hydrogen-bond donors (Lipinski definition) is 1. The molecule has 0 fully saturated rings. The fourth-order valence-electron chi connectivity index (χ4n) is 3.00. The number of sulfonamides is 1. The quantitative estimate of drug-likeness (QED) is 0.873. The number of benzene rings is 2. The van der Waals surface area contributed by atoms with Crippen LogP contribution in [0, 0.1) is 13.8 Å². The lowest BCUT2D eigenvalue weighted by Crippen LogP contribution is -2.32. The molecular weight excluding hydrogens is 352 g/mol. The Morgan fingerprint density at radius 1 is 1.15 bits per heavy atom. The van der Waals surface area contributed by atoms with E-state index in [-0.39, 0.29) is 17.4 Å². The van der Waals surface area contributed by atoms with Crippen LogP contribution in [0.3, 0.4) is 0 Å². The second-order valence-electron chi connectivity index (χ2n) is 6.42. The van der Waals surface area contributed by atoms with Crippen LogP contribution in [0.1, 0.15) is 16.7 Å². The molecule has 2 aromatic rings. The molecule has 0 radical (unpaired) electrons. The van der Waals surface area contributed by atoms with E-state index in [0.717, 1.165) is 28.8 Å². The molecule has 0 saturated heterocycles. The van der Waals surface area contributed by atoms with Gasteiger partial charge in [0.15, 0.2) is 0 Å². The Morgan fingerprint density at radius 2 is 1.92 bits per heavy atom. The molecule has 0 aromatic heterocycles. The normalized spacial score (nSPS) is 13.6. The van der Waals surface area contributed by atoms with E-state index in [1.807, 2.05) is 19.9 Å². The molecule has 1 aliphatic heterocycles. The van der Waals surface area contributed by atoms with Crippen molar-refractivity contribution in [2.24, 2.45) is 0 Å². The molecule has 0 aliphatic carbocycles. The summed E-state index contributed by atoms with van der Waals surface area (Å²) < 4.78 is 32.9. The third-order valence-corrected chi connectivity index (χ3v) is 5.97. The molecule has 0 saturated carbocycles. The number of carbonyl (C=O) groups is 1. The molecule has 3 rings (SSSR count). The van der Waals surface area contributed by atoms with Gasteiger partial charge in [0.25, 0.3) is 15.9 Å². The van der Waals surface area contributed by atoms with Crippen molar-refractivity contribution in [3.8, 4) is 0 Å². The van der Waals surface area contributed by atoms with E-state index in [1.165, 1.54) is 7.11 Å². The number of rotatable bonds is 5. The first-order chi connectivity index (χ1) is 12.3. The van der Waals surface area contributed by atoms with Crippen LogP contribution in [0.5, 0.6) is 0 Å². The van der Waals surface area contributed by atoms with Gasteiger partial charge >= 0.3 is 0 Å². The van der Waals surface area contributed by atoms with Gasteiger partial charge in [0, 0.05) is 19.3 Å². The van der Waals surface area contributed by atoms with Gasteiger partial charge < -0.3 is 9.64 Å².